The molecule has 0 radical (unpaired) electrons. The quantitative estimate of drug-likeness (QED) is 0.373. The van der Waals surface area contributed by atoms with E-state index >= 15 is 0 Å². The highest BCUT2D eigenvalue weighted by Crippen LogP contribution is 1.78. The summed E-state index contributed by atoms with van der Waals surface area (Å²) in [5.74, 6) is 0. The van der Waals surface area contributed by atoms with Gasteiger partial charge in [-0.05, 0) is 14.1 Å². The molecule has 0 amide bonds. The molecule has 0 aromatic rings. The van der Waals surface area contributed by atoms with Gasteiger partial charge in [-0.15, -0.1) is 0 Å². The number of rotatable bonds is 6. The van der Waals surface area contributed by atoms with Crippen molar-refractivity contribution in [3.05, 3.63) is 0 Å². The maximum Gasteiger partial charge on any atom is 0.410 e. The van der Waals surface area contributed by atoms with Crippen molar-refractivity contribution >= 4 is 16.6 Å². The Bertz CT molecular complexity index is 70.8. The largest absolute Gasteiger partial charge is 0.504 e. The van der Waals surface area contributed by atoms with Crippen molar-refractivity contribution in [3.8, 4) is 0 Å². The van der Waals surface area contributed by atoms with E-state index in [4.69, 9.17) is 8.53 Å². The Kier molecular flexibility index (Phi) is 7.83. The topological polar surface area (TPSA) is 21.7 Å². The molecule has 0 unspecified atom stereocenters. The molecule has 0 bridgehead atoms. The van der Waals surface area contributed by atoms with Crippen LogP contribution in [0.1, 0.15) is 0 Å². The zero-order chi connectivity index (χ0) is 7.82. The first-order chi connectivity index (χ1) is 4.77. The van der Waals surface area contributed by atoms with Crippen LogP contribution >= 0.6 is 0 Å². The van der Waals surface area contributed by atoms with Crippen LogP contribution in [0.2, 0.25) is 0 Å². The minimum atomic E-state index is 0.733. The van der Waals surface area contributed by atoms with Crippen LogP contribution in [0, 0.1) is 0 Å². The van der Waals surface area contributed by atoms with Gasteiger partial charge in [-0.2, -0.15) is 0 Å². The third-order valence-corrected chi connectivity index (χ3v) is 1.52. The third-order valence-electron chi connectivity index (χ3n) is 1.11. The highest BCUT2D eigenvalue weighted by Gasteiger charge is 1.88. The summed E-state index contributed by atoms with van der Waals surface area (Å²) < 4.78 is 10.2. The first-order valence-corrected chi connectivity index (χ1v) is 4.30. The van der Waals surface area contributed by atoms with Gasteiger partial charge < -0.3 is 13.4 Å². The van der Waals surface area contributed by atoms with Gasteiger partial charge in [0.05, 0.1) is 13.2 Å². The Morgan fingerprint density at radius 3 is 2.40 bits per heavy atom. The second-order valence-electron chi connectivity index (χ2n) is 2.41. The maximum atomic E-state index is 5.24. The van der Waals surface area contributed by atoms with Crippen molar-refractivity contribution < 1.29 is 8.53 Å². The molecule has 3 nitrogen and oxygen atoms in total. The molecule has 0 spiro atoms. The second-order valence-corrected chi connectivity index (χ2v) is 2.99. The molecule has 0 aliphatic rings. The zero-order valence-corrected chi connectivity index (χ0v) is 9.09. The van der Waals surface area contributed by atoms with E-state index in [0.29, 0.717) is 0 Å². The van der Waals surface area contributed by atoms with Gasteiger partial charge in [0.2, 0.25) is 0 Å². The van der Waals surface area contributed by atoms with Crippen LogP contribution in [0.3, 0.4) is 0 Å². The zero-order valence-electron chi connectivity index (χ0n) is 7.09. The van der Waals surface area contributed by atoms with Crippen molar-refractivity contribution in [2.45, 2.75) is 0 Å². The molecule has 0 fully saturated rings. The molecule has 0 aromatic heterocycles. The van der Waals surface area contributed by atoms with Crippen molar-refractivity contribution in [3.63, 3.8) is 0 Å². The first kappa shape index (κ1) is 10.4. The SMILES string of the molecule is CN(C)CCOCC[O][AlH2]. The van der Waals surface area contributed by atoms with Gasteiger partial charge in [-0.25, -0.2) is 0 Å². The number of hydrogen-bond donors (Lipinski definition) is 0. The second kappa shape index (κ2) is 7.52. The van der Waals surface area contributed by atoms with Crippen molar-refractivity contribution in [1.82, 2.24) is 4.90 Å². The van der Waals surface area contributed by atoms with Crippen molar-refractivity contribution in [2.75, 3.05) is 40.5 Å². The Morgan fingerprint density at radius 1 is 1.20 bits per heavy atom. The molecule has 0 rings (SSSR count). The number of hydrogen-bond acceptors (Lipinski definition) is 3. The van der Waals surface area contributed by atoms with Crippen LogP contribution in [0.4, 0.5) is 0 Å². The van der Waals surface area contributed by atoms with Gasteiger partial charge in [-0.3, -0.25) is 0 Å². The van der Waals surface area contributed by atoms with E-state index in [1.54, 1.807) is 0 Å². The summed E-state index contributed by atoms with van der Waals surface area (Å²) in [5, 5.41) is 0. The molecule has 0 N–H and O–H groups in total. The van der Waals surface area contributed by atoms with Crippen LogP contribution < -0.4 is 0 Å². The molecule has 0 saturated heterocycles. The standard InChI is InChI=1S/C6H14NO2.Al.2H/c1-7(2)3-5-9-6-4-8;;;/h3-6H2,1-2H3;;;/q-1;+1;;. The van der Waals surface area contributed by atoms with Crippen LogP contribution in [-0.2, 0) is 8.53 Å². The van der Waals surface area contributed by atoms with E-state index in [2.05, 4.69) is 4.90 Å². The molecule has 4 heteroatoms. The van der Waals surface area contributed by atoms with Crippen LogP contribution in [0.25, 0.3) is 0 Å². The maximum absolute atomic E-state index is 5.24. The van der Waals surface area contributed by atoms with E-state index < -0.39 is 0 Å². The molecule has 10 heavy (non-hydrogen) atoms. The fourth-order valence-electron chi connectivity index (χ4n) is 0.491. The Labute approximate surface area is 71.0 Å². The van der Waals surface area contributed by atoms with E-state index in [9.17, 15) is 0 Å². The molecular weight excluding hydrogens is 145 g/mol. The Hall–Kier alpha value is 0.412. The predicted octanol–water partition coefficient (Wildman–Crippen LogP) is -0.871. The van der Waals surface area contributed by atoms with E-state index in [1.807, 2.05) is 14.1 Å². The third kappa shape index (κ3) is 8.41. The highest BCUT2D eigenvalue weighted by atomic mass is 27.1. The molecule has 0 saturated carbocycles. The lowest BCUT2D eigenvalue weighted by molar-refractivity contribution is 0.0916. The van der Waals surface area contributed by atoms with Crippen LogP contribution in [0.15, 0.2) is 0 Å². The average Bonchev–Trinajstić information content (AvgIpc) is 1.87. The summed E-state index contributed by atoms with van der Waals surface area (Å²) in [6, 6.07) is 0. The summed E-state index contributed by atoms with van der Waals surface area (Å²) in [7, 11) is 4.07. The Balaban J connectivity index is 2.77. The fraction of sp³-hybridized carbons (Fsp3) is 1.00. The summed E-state index contributed by atoms with van der Waals surface area (Å²) in [5.41, 5.74) is 0. The number of likely N-dealkylation sites (N-methyl/N-ethyl adjacent to an activating group) is 1. The fourth-order valence-corrected chi connectivity index (χ4v) is 0.658. The minimum absolute atomic E-state index is 0.733. The molecule has 60 valence electrons. The van der Waals surface area contributed by atoms with Gasteiger partial charge in [-0.1, -0.05) is 0 Å². The number of nitrogens with zero attached hydrogens (tertiary/aromatic N) is 1. The van der Waals surface area contributed by atoms with E-state index in [1.165, 1.54) is 0 Å². The highest BCUT2D eigenvalue weighted by molar-refractivity contribution is 5.97. The van der Waals surface area contributed by atoms with Gasteiger partial charge in [0.15, 0.2) is 0 Å². The van der Waals surface area contributed by atoms with Crippen molar-refractivity contribution in [2.24, 2.45) is 0 Å². The molecule has 0 aliphatic heterocycles. The Morgan fingerprint density at radius 2 is 1.90 bits per heavy atom. The van der Waals surface area contributed by atoms with Gasteiger partial charge in [0, 0.05) is 13.2 Å². The lowest BCUT2D eigenvalue weighted by Gasteiger charge is -2.09. The molecule has 0 heterocycles. The molecular formula is C6H16AlNO2. The predicted molar refractivity (Wildman–Crippen MR) is 43.9 cm³/mol. The van der Waals surface area contributed by atoms with Crippen LogP contribution in [0.5, 0.6) is 0 Å². The van der Waals surface area contributed by atoms with Gasteiger partial charge in [0.25, 0.3) is 0 Å². The smallest absolute Gasteiger partial charge is 0.410 e. The van der Waals surface area contributed by atoms with E-state index in [-0.39, 0.29) is 0 Å². The molecule has 0 atom stereocenters. The van der Waals surface area contributed by atoms with Gasteiger partial charge in [0.1, 0.15) is 0 Å². The number of ether oxygens (including phenoxy) is 1. The normalized spacial score (nSPS) is 10.7. The molecule has 0 aliphatic carbocycles. The summed E-state index contributed by atoms with van der Waals surface area (Å²) in [6.07, 6.45) is 0. The lowest BCUT2D eigenvalue weighted by atomic mass is 10.6. The molecule has 0 aromatic carbocycles. The lowest BCUT2D eigenvalue weighted by Crippen LogP contribution is -2.19. The average molecular weight is 161 g/mol. The summed E-state index contributed by atoms with van der Waals surface area (Å²) >= 11 is 0.814. The first-order valence-electron chi connectivity index (χ1n) is 3.48. The monoisotopic (exact) mass is 161 g/mol. The van der Waals surface area contributed by atoms with Crippen molar-refractivity contribution in [1.29, 1.82) is 0 Å². The van der Waals surface area contributed by atoms with Gasteiger partial charge >= 0.3 is 16.6 Å². The summed E-state index contributed by atoms with van der Waals surface area (Å²) in [6.45, 7) is 3.27. The van der Waals surface area contributed by atoms with Crippen LogP contribution in [-0.4, -0.2) is 62.0 Å². The van der Waals surface area contributed by atoms with E-state index in [0.717, 1.165) is 43.0 Å². The summed E-state index contributed by atoms with van der Waals surface area (Å²) in [4.78, 5) is 2.10. The minimum Gasteiger partial charge on any atom is -0.504 e.